The normalized spacial score (nSPS) is 12.9. The van der Waals surface area contributed by atoms with Crippen LogP contribution in [0, 0.1) is 11.6 Å². The van der Waals surface area contributed by atoms with Gasteiger partial charge in [-0.15, -0.1) is 11.6 Å². The minimum absolute atomic E-state index is 0.159. The molecule has 0 bridgehead atoms. The first-order chi connectivity index (χ1) is 6.69. The van der Waals surface area contributed by atoms with E-state index in [1.807, 2.05) is 0 Å². The van der Waals surface area contributed by atoms with Gasteiger partial charge in [0.2, 0.25) is 0 Å². The van der Waals surface area contributed by atoms with Crippen molar-refractivity contribution in [3.05, 3.63) is 35.4 Å². The highest BCUT2D eigenvalue weighted by Crippen LogP contribution is 2.20. The summed E-state index contributed by atoms with van der Waals surface area (Å²) in [6, 6.07) is 3.41. The summed E-state index contributed by atoms with van der Waals surface area (Å²) in [5.41, 5.74) is 0.453. The van der Waals surface area contributed by atoms with Gasteiger partial charge in [-0.3, -0.25) is 0 Å². The van der Waals surface area contributed by atoms with Gasteiger partial charge in [-0.25, -0.2) is 8.78 Å². The first kappa shape index (κ1) is 11.4. The van der Waals surface area contributed by atoms with Crippen molar-refractivity contribution in [1.82, 2.24) is 5.32 Å². The van der Waals surface area contributed by atoms with Gasteiger partial charge in [0.25, 0.3) is 0 Å². The maximum absolute atomic E-state index is 13.3. The van der Waals surface area contributed by atoms with Gasteiger partial charge in [0, 0.05) is 23.6 Å². The molecule has 0 heterocycles. The number of benzene rings is 1. The highest BCUT2D eigenvalue weighted by molar-refractivity contribution is 6.17. The largest absolute Gasteiger partial charge is 0.313 e. The van der Waals surface area contributed by atoms with E-state index in [9.17, 15) is 8.78 Å². The van der Waals surface area contributed by atoms with Crippen molar-refractivity contribution in [3.8, 4) is 0 Å². The maximum atomic E-state index is 13.3. The summed E-state index contributed by atoms with van der Waals surface area (Å²) in [5, 5.41) is 2.93. The van der Waals surface area contributed by atoms with Crippen LogP contribution in [0.3, 0.4) is 0 Å². The second-order valence-electron chi connectivity index (χ2n) is 2.98. The van der Waals surface area contributed by atoms with Crippen molar-refractivity contribution in [2.24, 2.45) is 0 Å². The number of rotatable bonds is 4. The van der Waals surface area contributed by atoms with Gasteiger partial charge in [0.1, 0.15) is 11.6 Å². The lowest BCUT2D eigenvalue weighted by atomic mass is 10.0. The number of nitrogens with one attached hydrogen (secondary N) is 1. The summed E-state index contributed by atoms with van der Waals surface area (Å²) in [6.07, 6.45) is 0.612. The van der Waals surface area contributed by atoms with Gasteiger partial charge >= 0.3 is 0 Å². The Morgan fingerprint density at radius 3 is 2.64 bits per heavy atom. The van der Waals surface area contributed by atoms with Crippen molar-refractivity contribution in [3.63, 3.8) is 0 Å². The molecule has 1 atom stereocenters. The monoisotopic (exact) mass is 219 g/mol. The van der Waals surface area contributed by atoms with Crippen LogP contribution in [0.15, 0.2) is 18.2 Å². The molecule has 0 aromatic heterocycles. The molecule has 1 N–H and O–H groups in total. The molecule has 0 aliphatic rings. The summed E-state index contributed by atoms with van der Waals surface area (Å²) in [5.74, 6) is -0.663. The molecule has 1 rings (SSSR count). The summed E-state index contributed by atoms with van der Waals surface area (Å²) in [7, 11) is 1.72. The Labute approximate surface area is 87.1 Å². The highest BCUT2D eigenvalue weighted by Gasteiger charge is 2.13. The second-order valence-corrected chi connectivity index (χ2v) is 3.36. The predicted octanol–water partition coefficient (Wildman–Crippen LogP) is 2.85. The Balaban J connectivity index is 2.92. The highest BCUT2D eigenvalue weighted by atomic mass is 35.5. The van der Waals surface area contributed by atoms with Crippen LogP contribution in [0.1, 0.15) is 18.0 Å². The minimum Gasteiger partial charge on any atom is -0.313 e. The first-order valence-corrected chi connectivity index (χ1v) is 4.90. The van der Waals surface area contributed by atoms with Crippen molar-refractivity contribution >= 4 is 11.6 Å². The zero-order valence-corrected chi connectivity index (χ0v) is 8.61. The fourth-order valence-electron chi connectivity index (χ4n) is 1.35. The van der Waals surface area contributed by atoms with Crippen LogP contribution < -0.4 is 5.32 Å². The third kappa shape index (κ3) is 2.66. The van der Waals surface area contributed by atoms with E-state index in [1.54, 1.807) is 7.05 Å². The average Bonchev–Trinajstić information content (AvgIpc) is 2.15. The van der Waals surface area contributed by atoms with Crippen molar-refractivity contribution in [2.45, 2.75) is 12.5 Å². The van der Waals surface area contributed by atoms with Gasteiger partial charge in [-0.1, -0.05) is 6.07 Å². The molecule has 0 saturated heterocycles. The van der Waals surface area contributed by atoms with Crippen LogP contribution in [0.4, 0.5) is 8.78 Å². The summed E-state index contributed by atoms with van der Waals surface area (Å²) in [4.78, 5) is 0. The Bertz CT molecular complexity index is 304. The molecule has 1 aromatic rings. The maximum Gasteiger partial charge on any atom is 0.130 e. The van der Waals surface area contributed by atoms with E-state index < -0.39 is 11.6 Å². The molecule has 0 fully saturated rings. The third-order valence-electron chi connectivity index (χ3n) is 2.08. The number of hydrogen-bond acceptors (Lipinski definition) is 1. The molecule has 0 aliphatic carbocycles. The van der Waals surface area contributed by atoms with Crippen LogP contribution >= 0.6 is 11.6 Å². The van der Waals surface area contributed by atoms with Crippen molar-refractivity contribution < 1.29 is 8.78 Å². The molecule has 78 valence electrons. The molecule has 0 saturated carbocycles. The molecule has 0 radical (unpaired) electrons. The Kier molecular flexibility index (Phi) is 4.29. The predicted molar refractivity (Wildman–Crippen MR) is 53.5 cm³/mol. The van der Waals surface area contributed by atoms with E-state index >= 15 is 0 Å². The Morgan fingerprint density at radius 1 is 1.43 bits per heavy atom. The molecular formula is C10H12ClF2N. The molecule has 1 aromatic carbocycles. The Morgan fingerprint density at radius 2 is 2.14 bits per heavy atom. The van der Waals surface area contributed by atoms with Gasteiger partial charge in [0.15, 0.2) is 0 Å². The third-order valence-corrected chi connectivity index (χ3v) is 2.30. The van der Waals surface area contributed by atoms with Gasteiger partial charge in [-0.05, 0) is 19.5 Å². The van der Waals surface area contributed by atoms with Crippen LogP contribution in [0.5, 0.6) is 0 Å². The van der Waals surface area contributed by atoms with Crippen molar-refractivity contribution in [2.75, 3.05) is 12.9 Å². The van der Waals surface area contributed by atoms with Crippen molar-refractivity contribution in [1.29, 1.82) is 0 Å². The molecule has 0 aliphatic heterocycles. The SMILES string of the molecule is CNC(CCCl)c1ccc(F)cc1F. The van der Waals surface area contributed by atoms with E-state index in [4.69, 9.17) is 11.6 Å². The van der Waals surface area contributed by atoms with Crippen LogP contribution in [-0.2, 0) is 0 Å². The van der Waals surface area contributed by atoms with Crippen LogP contribution in [0.2, 0.25) is 0 Å². The summed E-state index contributed by atoms with van der Waals surface area (Å²) >= 11 is 5.57. The fraction of sp³-hybridized carbons (Fsp3) is 0.400. The lowest BCUT2D eigenvalue weighted by Gasteiger charge is -2.15. The van der Waals surface area contributed by atoms with E-state index in [2.05, 4.69) is 5.32 Å². The zero-order valence-electron chi connectivity index (χ0n) is 7.86. The molecule has 1 nitrogen and oxygen atoms in total. The van der Waals surface area contributed by atoms with Gasteiger partial charge in [0.05, 0.1) is 0 Å². The van der Waals surface area contributed by atoms with E-state index in [0.717, 1.165) is 6.07 Å². The zero-order chi connectivity index (χ0) is 10.6. The van der Waals surface area contributed by atoms with Gasteiger partial charge in [-0.2, -0.15) is 0 Å². The molecule has 1 unspecified atom stereocenters. The fourth-order valence-corrected chi connectivity index (χ4v) is 1.57. The number of hydrogen-bond donors (Lipinski definition) is 1. The summed E-state index contributed by atoms with van der Waals surface area (Å²) < 4.78 is 25.9. The molecule has 0 amide bonds. The molecular weight excluding hydrogens is 208 g/mol. The lowest BCUT2D eigenvalue weighted by molar-refractivity contribution is 0.516. The van der Waals surface area contributed by atoms with E-state index in [0.29, 0.717) is 17.9 Å². The first-order valence-electron chi connectivity index (χ1n) is 4.37. The smallest absolute Gasteiger partial charge is 0.130 e. The molecule has 4 heteroatoms. The average molecular weight is 220 g/mol. The van der Waals surface area contributed by atoms with E-state index in [-0.39, 0.29) is 6.04 Å². The quantitative estimate of drug-likeness (QED) is 0.768. The number of alkyl halides is 1. The standard InChI is InChI=1S/C10H12ClF2N/c1-14-10(4-5-11)8-3-2-7(12)6-9(8)13/h2-3,6,10,14H,4-5H2,1H3. The number of halogens is 3. The summed E-state index contributed by atoms with van der Waals surface area (Å²) in [6.45, 7) is 0. The second kappa shape index (κ2) is 5.27. The van der Waals surface area contributed by atoms with Crippen LogP contribution in [-0.4, -0.2) is 12.9 Å². The molecule has 14 heavy (non-hydrogen) atoms. The lowest BCUT2D eigenvalue weighted by Crippen LogP contribution is -2.18. The topological polar surface area (TPSA) is 12.0 Å². The molecule has 0 spiro atoms. The Hall–Kier alpha value is -0.670. The minimum atomic E-state index is -0.563. The van der Waals surface area contributed by atoms with E-state index in [1.165, 1.54) is 12.1 Å². The van der Waals surface area contributed by atoms with Gasteiger partial charge < -0.3 is 5.32 Å². The van der Waals surface area contributed by atoms with Crippen LogP contribution in [0.25, 0.3) is 0 Å².